The van der Waals surface area contributed by atoms with Crippen molar-refractivity contribution >= 4 is 0 Å². The van der Waals surface area contributed by atoms with Crippen molar-refractivity contribution in [3.8, 4) is 0 Å². The maximum Gasteiger partial charge on any atom is 0.0575 e. The third kappa shape index (κ3) is 4.97. The highest BCUT2D eigenvalue weighted by atomic mass is 16.7. The second-order valence-corrected chi connectivity index (χ2v) is 4.89. The Morgan fingerprint density at radius 3 is 2.21 bits per heavy atom. The van der Waals surface area contributed by atoms with Gasteiger partial charge >= 0.3 is 0 Å². The number of hydrogen-bond acceptors (Lipinski definition) is 2. The molecule has 0 amide bonds. The molecule has 0 aromatic carbocycles. The third-order valence-electron chi connectivity index (χ3n) is 2.98. The van der Waals surface area contributed by atoms with Crippen molar-refractivity contribution in [3.05, 3.63) is 0 Å². The normalized spacial score (nSPS) is 14.8. The van der Waals surface area contributed by atoms with Crippen LogP contribution in [0.2, 0.25) is 0 Å². The Kier molecular flexibility index (Phi) is 6.38. The fourth-order valence-electron chi connectivity index (χ4n) is 1.76. The van der Waals surface area contributed by atoms with Gasteiger partial charge in [0.2, 0.25) is 0 Å². The molecule has 0 N–H and O–H groups in total. The van der Waals surface area contributed by atoms with E-state index in [-0.39, 0.29) is 0 Å². The van der Waals surface area contributed by atoms with Crippen LogP contribution in [0.15, 0.2) is 0 Å². The Balaban J connectivity index is 4.09. The Morgan fingerprint density at radius 1 is 1.29 bits per heavy atom. The van der Waals surface area contributed by atoms with Gasteiger partial charge in [0.1, 0.15) is 0 Å². The predicted molar refractivity (Wildman–Crippen MR) is 62.2 cm³/mol. The zero-order valence-electron chi connectivity index (χ0n) is 10.8. The van der Waals surface area contributed by atoms with Crippen LogP contribution in [0.3, 0.4) is 0 Å². The van der Waals surface area contributed by atoms with Crippen LogP contribution in [-0.4, -0.2) is 24.8 Å². The summed E-state index contributed by atoms with van der Waals surface area (Å²) in [6.07, 6.45) is 3.56. The van der Waals surface area contributed by atoms with Crippen LogP contribution in [0.1, 0.15) is 53.9 Å². The molecule has 1 atom stereocenters. The molecule has 0 rings (SSSR count). The summed E-state index contributed by atoms with van der Waals surface area (Å²) in [5, 5.41) is 2.09. The van der Waals surface area contributed by atoms with Crippen molar-refractivity contribution in [2.75, 3.05) is 13.7 Å². The van der Waals surface area contributed by atoms with Crippen LogP contribution in [0.5, 0.6) is 0 Å². The lowest BCUT2D eigenvalue weighted by Crippen LogP contribution is -2.36. The second kappa shape index (κ2) is 6.41. The van der Waals surface area contributed by atoms with Gasteiger partial charge in [-0.1, -0.05) is 34.1 Å². The smallest absolute Gasteiger partial charge is 0.0575 e. The zero-order chi connectivity index (χ0) is 11.2. The largest absolute Gasteiger partial charge is 0.302 e. The SMILES string of the molecule is CCCN(OC)C(C)CC(C)(C)CC. The summed E-state index contributed by atoms with van der Waals surface area (Å²) >= 11 is 0. The molecule has 0 aliphatic carbocycles. The lowest BCUT2D eigenvalue weighted by molar-refractivity contribution is -0.164. The topological polar surface area (TPSA) is 12.5 Å². The van der Waals surface area contributed by atoms with Gasteiger partial charge in [-0.05, 0) is 25.2 Å². The third-order valence-corrected chi connectivity index (χ3v) is 2.98. The van der Waals surface area contributed by atoms with Gasteiger partial charge in [0, 0.05) is 12.6 Å². The molecule has 1 unspecified atom stereocenters. The molecule has 0 aliphatic rings. The molecule has 2 heteroatoms. The van der Waals surface area contributed by atoms with E-state index in [4.69, 9.17) is 4.84 Å². The first-order chi connectivity index (χ1) is 6.46. The van der Waals surface area contributed by atoms with Crippen LogP contribution >= 0.6 is 0 Å². The average Bonchev–Trinajstić information content (AvgIpc) is 2.13. The fraction of sp³-hybridized carbons (Fsp3) is 1.00. The second-order valence-electron chi connectivity index (χ2n) is 4.89. The van der Waals surface area contributed by atoms with Gasteiger partial charge in [-0.2, -0.15) is 5.06 Å². The number of hydroxylamine groups is 2. The molecule has 0 bridgehead atoms. The Morgan fingerprint density at radius 2 is 1.86 bits per heavy atom. The molecule has 0 aromatic rings. The number of rotatable bonds is 7. The molecule has 14 heavy (non-hydrogen) atoms. The van der Waals surface area contributed by atoms with Gasteiger partial charge in [-0.15, -0.1) is 0 Å². The van der Waals surface area contributed by atoms with Gasteiger partial charge in [0.25, 0.3) is 0 Å². The van der Waals surface area contributed by atoms with Crippen molar-refractivity contribution in [1.29, 1.82) is 0 Å². The minimum Gasteiger partial charge on any atom is -0.302 e. The minimum absolute atomic E-state index is 0.421. The van der Waals surface area contributed by atoms with E-state index >= 15 is 0 Å². The maximum absolute atomic E-state index is 5.38. The summed E-state index contributed by atoms with van der Waals surface area (Å²) in [6.45, 7) is 12.4. The van der Waals surface area contributed by atoms with Gasteiger partial charge in [-0.25, -0.2) is 0 Å². The summed E-state index contributed by atoms with van der Waals surface area (Å²) in [7, 11) is 1.77. The molecule has 0 saturated heterocycles. The molecule has 0 spiro atoms. The Bertz CT molecular complexity index is 145. The van der Waals surface area contributed by atoms with Gasteiger partial charge in [0.05, 0.1) is 7.11 Å². The summed E-state index contributed by atoms with van der Waals surface area (Å²) in [5.41, 5.74) is 0.421. The number of nitrogens with zero attached hydrogens (tertiary/aromatic N) is 1. The Hall–Kier alpha value is -0.0800. The van der Waals surface area contributed by atoms with E-state index in [0.717, 1.165) is 13.0 Å². The summed E-state index contributed by atoms with van der Waals surface area (Å²) in [5.74, 6) is 0. The van der Waals surface area contributed by atoms with E-state index in [1.165, 1.54) is 12.8 Å². The minimum atomic E-state index is 0.421. The molecule has 0 saturated carbocycles. The molecular weight excluding hydrogens is 174 g/mol. The molecule has 86 valence electrons. The van der Waals surface area contributed by atoms with E-state index < -0.39 is 0 Å². The monoisotopic (exact) mass is 201 g/mol. The first kappa shape index (κ1) is 13.9. The van der Waals surface area contributed by atoms with Gasteiger partial charge < -0.3 is 4.84 Å². The molecule has 2 nitrogen and oxygen atoms in total. The summed E-state index contributed by atoms with van der Waals surface area (Å²) in [4.78, 5) is 5.38. The highest BCUT2D eigenvalue weighted by Crippen LogP contribution is 2.27. The Labute approximate surface area is 89.6 Å². The average molecular weight is 201 g/mol. The first-order valence-corrected chi connectivity index (χ1v) is 5.77. The quantitative estimate of drug-likeness (QED) is 0.585. The molecule has 0 fully saturated rings. The van der Waals surface area contributed by atoms with Gasteiger partial charge in [0.15, 0.2) is 0 Å². The van der Waals surface area contributed by atoms with Crippen molar-refractivity contribution in [2.45, 2.75) is 59.9 Å². The van der Waals surface area contributed by atoms with Crippen LogP contribution < -0.4 is 0 Å². The molecule has 0 radical (unpaired) electrons. The zero-order valence-corrected chi connectivity index (χ0v) is 10.8. The first-order valence-electron chi connectivity index (χ1n) is 5.77. The molecule has 0 aromatic heterocycles. The van der Waals surface area contributed by atoms with Crippen LogP contribution in [0.25, 0.3) is 0 Å². The van der Waals surface area contributed by atoms with E-state index in [9.17, 15) is 0 Å². The van der Waals surface area contributed by atoms with Crippen molar-refractivity contribution < 1.29 is 4.84 Å². The lowest BCUT2D eigenvalue weighted by Gasteiger charge is -2.32. The number of hydrogen-bond donors (Lipinski definition) is 0. The van der Waals surface area contributed by atoms with E-state index in [1.54, 1.807) is 7.11 Å². The predicted octanol–water partition coefficient (Wildman–Crippen LogP) is 3.47. The summed E-state index contributed by atoms with van der Waals surface area (Å²) < 4.78 is 0. The summed E-state index contributed by atoms with van der Waals surface area (Å²) in [6, 6.07) is 0.509. The highest BCUT2D eigenvalue weighted by molar-refractivity contribution is 4.73. The van der Waals surface area contributed by atoms with E-state index in [2.05, 4.69) is 39.7 Å². The van der Waals surface area contributed by atoms with Gasteiger partial charge in [-0.3, -0.25) is 0 Å². The molecule has 0 aliphatic heterocycles. The maximum atomic E-state index is 5.38. The molecule has 0 heterocycles. The standard InChI is InChI=1S/C12H27NO/c1-7-9-13(14-6)11(3)10-12(4,5)8-2/h11H,7-10H2,1-6H3. The van der Waals surface area contributed by atoms with E-state index in [1.807, 2.05) is 0 Å². The fourth-order valence-corrected chi connectivity index (χ4v) is 1.76. The van der Waals surface area contributed by atoms with Crippen LogP contribution in [0.4, 0.5) is 0 Å². The highest BCUT2D eigenvalue weighted by Gasteiger charge is 2.22. The molecular formula is C12H27NO. The van der Waals surface area contributed by atoms with E-state index in [0.29, 0.717) is 11.5 Å². The van der Waals surface area contributed by atoms with Crippen molar-refractivity contribution in [1.82, 2.24) is 5.06 Å². The van der Waals surface area contributed by atoms with Crippen molar-refractivity contribution in [2.24, 2.45) is 5.41 Å². The lowest BCUT2D eigenvalue weighted by atomic mass is 9.83. The van der Waals surface area contributed by atoms with Crippen LogP contribution in [0, 0.1) is 5.41 Å². The van der Waals surface area contributed by atoms with Crippen LogP contribution in [-0.2, 0) is 4.84 Å². The van der Waals surface area contributed by atoms with Crippen molar-refractivity contribution in [3.63, 3.8) is 0 Å².